The standard InChI is InChI=1S/C20H16O7/c21-16-7-3-1-5-13(16)19(23)25-9-12-10-26-20(27-12)15-11-24-17-8-4-2-6-14(17)18(15)22/h1-8,11-12,20-21H,9-10H2/t12-,20-/m1/s1. The number of para-hydroxylation sites is 2. The van der Waals surface area contributed by atoms with E-state index < -0.39 is 18.4 Å². The van der Waals surface area contributed by atoms with Gasteiger partial charge in [0.05, 0.1) is 17.6 Å². The number of phenolic OH excluding ortho intramolecular Hbond substituents is 1. The molecule has 0 spiro atoms. The first-order valence-corrected chi connectivity index (χ1v) is 8.36. The van der Waals surface area contributed by atoms with Crippen molar-refractivity contribution in [3.05, 3.63) is 76.1 Å². The van der Waals surface area contributed by atoms with E-state index in [2.05, 4.69) is 0 Å². The van der Waals surface area contributed by atoms with E-state index in [4.69, 9.17) is 18.6 Å². The molecule has 7 nitrogen and oxygen atoms in total. The molecule has 2 heterocycles. The van der Waals surface area contributed by atoms with Crippen LogP contribution in [0, 0.1) is 0 Å². The fourth-order valence-corrected chi connectivity index (χ4v) is 2.85. The van der Waals surface area contributed by atoms with Gasteiger partial charge in [0.15, 0.2) is 6.29 Å². The average molecular weight is 368 g/mol. The van der Waals surface area contributed by atoms with Crippen LogP contribution in [0.4, 0.5) is 0 Å². The van der Waals surface area contributed by atoms with Crippen LogP contribution in [0.2, 0.25) is 0 Å². The van der Waals surface area contributed by atoms with Gasteiger partial charge >= 0.3 is 5.97 Å². The second-order valence-electron chi connectivity index (χ2n) is 6.06. The van der Waals surface area contributed by atoms with E-state index in [9.17, 15) is 14.7 Å². The van der Waals surface area contributed by atoms with Crippen LogP contribution in [0.15, 0.2) is 64.0 Å². The second kappa shape index (κ2) is 7.22. The molecular weight excluding hydrogens is 352 g/mol. The molecule has 1 saturated heterocycles. The van der Waals surface area contributed by atoms with E-state index in [1.54, 1.807) is 36.4 Å². The van der Waals surface area contributed by atoms with Gasteiger partial charge in [-0.3, -0.25) is 4.79 Å². The molecular formula is C20H16O7. The highest BCUT2D eigenvalue weighted by Crippen LogP contribution is 2.27. The number of phenols is 1. The number of aromatic hydroxyl groups is 1. The summed E-state index contributed by atoms with van der Waals surface area (Å²) in [7, 11) is 0. The number of fused-ring (bicyclic) bond motifs is 1. The molecule has 0 amide bonds. The number of rotatable bonds is 4. The summed E-state index contributed by atoms with van der Waals surface area (Å²) in [5.41, 5.74) is 0.581. The maximum absolute atomic E-state index is 12.6. The number of benzene rings is 2. The second-order valence-corrected chi connectivity index (χ2v) is 6.06. The number of ether oxygens (including phenoxy) is 3. The maximum atomic E-state index is 12.6. The van der Waals surface area contributed by atoms with Crippen LogP contribution in [0.25, 0.3) is 11.0 Å². The molecule has 1 aliphatic heterocycles. The Labute approximate surface area is 153 Å². The van der Waals surface area contributed by atoms with Crippen LogP contribution in [-0.2, 0) is 14.2 Å². The molecule has 2 atom stereocenters. The Hall–Kier alpha value is -3.16. The van der Waals surface area contributed by atoms with Gasteiger partial charge < -0.3 is 23.7 Å². The number of hydrogen-bond acceptors (Lipinski definition) is 7. The van der Waals surface area contributed by atoms with Gasteiger partial charge in [-0.15, -0.1) is 0 Å². The molecule has 138 valence electrons. The van der Waals surface area contributed by atoms with Crippen molar-refractivity contribution in [1.29, 1.82) is 0 Å². The molecule has 0 bridgehead atoms. The molecule has 0 unspecified atom stereocenters. The van der Waals surface area contributed by atoms with E-state index in [0.29, 0.717) is 11.0 Å². The van der Waals surface area contributed by atoms with Gasteiger partial charge in [-0.05, 0) is 24.3 Å². The third-order valence-electron chi connectivity index (χ3n) is 4.23. The number of esters is 1. The van der Waals surface area contributed by atoms with Crippen LogP contribution in [-0.4, -0.2) is 30.4 Å². The molecule has 1 aliphatic rings. The molecule has 1 fully saturated rings. The fraction of sp³-hybridized carbons (Fsp3) is 0.200. The minimum atomic E-state index is -0.889. The first-order chi connectivity index (χ1) is 13.1. The highest BCUT2D eigenvalue weighted by molar-refractivity contribution is 5.92. The topological polar surface area (TPSA) is 95.2 Å². The van der Waals surface area contributed by atoms with Crippen LogP contribution in [0.5, 0.6) is 5.75 Å². The van der Waals surface area contributed by atoms with Crippen molar-refractivity contribution in [1.82, 2.24) is 0 Å². The van der Waals surface area contributed by atoms with Gasteiger partial charge in [-0.25, -0.2) is 4.79 Å². The third-order valence-corrected chi connectivity index (χ3v) is 4.23. The minimum Gasteiger partial charge on any atom is -0.507 e. The molecule has 3 aromatic rings. The zero-order chi connectivity index (χ0) is 18.8. The highest BCUT2D eigenvalue weighted by Gasteiger charge is 2.31. The summed E-state index contributed by atoms with van der Waals surface area (Å²) in [6, 6.07) is 13.0. The molecule has 7 heteroatoms. The molecule has 0 saturated carbocycles. The lowest BCUT2D eigenvalue weighted by molar-refractivity contribution is -0.0710. The molecule has 1 N–H and O–H groups in total. The van der Waals surface area contributed by atoms with E-state index >= 15 is 0 Å². The van der Waals surface area contributed by atoms with Crippen molar-refractivity contribution < 1.29 is 28.5 Å². The first kappa shape index (κ1) is 17.3. The monoisotopic (exact) mass is 368 g/mol. The molecule has 0 aliphatic carbocycles. The van der Waals surface area contributed by atoms with Gasteiger partial charge in [-0.1, -0.05) is 24.3 Å². The molecule has 27 heavy (non-hydrogen) atoms. The lowest BCUT2D eigenvalue weighted by Crippen LogP contribution is -2.21. The summed E-state index contributed by atoms with van der Waals surface area (Å²) in [6.45, 7) is 0.0908. The lowest BCUT2D eigenvalue weighted by atomic mass is 10.1. The van der Waals surface area contributed by atoms with Gasteiger partial charge in [-0.2, -0.15) is 0 Å². The third kappa shape index (κ3) is 3.42. The Morgan fingerprint density at radius 1 is 1.15 bits per heavy atom. The van der Waals surface area contributed by atoms with Crippen LogP contribution in [0.1, 0.15) is 22.2 Å². The molecule has 4 rings (SSSR count). The quantitative estimate of drug-likeness (QED) is 0.708. The van der Waals surface area contributed by atoms with Crippen molar-refractivity contribution >= 4 is 16.9 Å². The Morgan fingerprint density at radius 2 is 1.93 bits per heavy atom. The molecule has 2 aromatic carbocycles. The number of hydrogen-bond donors (Lipinski definition) is 1. The van der Waals surface area contributed by atoms with E-state index in [-0.39, 0.29) is 35.5 Å². The fourth-order valence-electron chi connectivity index (χ4n) is 2.85. The highest BCUT2D eigenvalue weighted by atomic mass is 16.7. The van der Waals surface area contributed by atoms with E-state index in [1.165, 1.54) is 18.4 Å². The minimum absolute atomic E-state index is 0.0669. The van der Waals surface area contributed by atoms with Crippen molar-refractivity contribution in [3.8, 4) is 5.75 Å². The Morgan fingerprint density at radius 3 is 2.78 bits per heavy atom. The van der Waals surface area contributed by atoms with Crippen LogP contribution in [0.3, 0.4) is 0 Å². The zero-order valence-electron chi connectivity index (χ0n) is 14.2. The summed E-state index contributed by atoms with van der Waals surface area (Å²) in [5.74, 6) is -0.817. The normalized spacial score (nSPS) is 19.3. The van der Waals surface area contributed by atoms with Gasteiger partial charge in [0.25, 0.3) is 0 Å². The maximum Gasteiger partial charge on any atom is 0.342 e. The van der Waals surface area contributed by atoms with E-state index in [0.717, 1.165) is 0 Å². The number of carbonyl (C=O) groups is 1. The van der Waals surface area contributed by atoms with Gasteiger partial charge in [0.2, 0.25) is 5.43 Å². The van der Waals surface area contributed by atoms with Crippen molar-refractivity contribution in [3.63, 3.8) is 0 Å². The van der Waals surface area contributed by atoms with E-state index in [1.807, 2.05) is 0 Å². The summed E-state index contributed by atoms with van der Waals surface area (Å²) in [6.07, 6.45) is -0.0958. The van der Waals surface area contributed by atoms with Gasteiger partial charge in [0.1, 0.15) is 35.9 Å². The average Bonchev–Trinajstić information content (AvgIpc) is 3.16. The Balaban J connectivity index is 1.42. The summed E-state index contributed by atoms with van der Waals surface area (Å²) in [5, 5.41) is 10.1. The van der Waals surface area contributed by atoms with Gasteiger partial charge in [0, 0.05) is 0 Å². The van der Waals surface area contributed by atoms with Crippen molar-refractivity contribution in [2.24, 2.45) is 0 Å². The predicted octanol–water partition coefficient (Wildman–Crippen LogP) is 2.77. The Kier molecular flexibility index (Phi) is 4.62. The van der Waals surface area contributed by atoms with Crippen molar-refractivity contribution in [2.75, 3.05) is 13.2 Å². The summed E-state index contributed by atoms with van der Waals surface area (Å²) in [4.78, 5) is 24.6. The lowest BCUT2D eigenvalue weighted by Gasteiger charge is -2.12. The zero-order valence-corrected chi connectivity index (χ0v) is 14.2. The summed E-state index contributed by atoms with van der Waals surface area (Å²) < 4.78 is 21.8. The van der Waals surface area contributed by atoms with Crippen LogP contribution >= 0.6 is 0 Å². The first-order valence-electron chi connectivity index (χ1n) is 8.36. The predicted molar refractivity (Wildman–Crippen MR) is 94.4 cm³/mol. The summed E-state index contributed by atoms with van der Waals surface area (Å²) >= 11 is 0. The SMILES string of the molecule is O=C(OC[C@@H]1CO[C@@H](c2coc3ccccc3c2=O)O1)c1ccccc1O. The largest absolute Gasteiger partial charge is 0.507 e. The van der Waals surface area contributed by atoms with Crippen molar-refractivity contribution in [2.45, 2.75) is 12.4 Å². The Bertz CT molecular complexity index is 1040. The molecule has 0 radical (unpaired) electrons. The van der Waals surface area contributed by atoms with Crippen LogP contribution < -0.4 is 5.43 Å². The number of carbonyl (C=O) groups excluding carboxylic acids is 1. The smallest absolute Gasteiger partial charge is 0.342 e. The molecule has 1 aromatic heterocycles.